The lowest BCUT2D eigenvalue weighted by atomic mass is 10.2. The average Bonchev–Trinajstić information content (AvgIpc) is 2.30. The quantitative estimate of drug-likeness (QED) is 0.721. The molecule has 0 saturated carbocycles. The molecule has 0 aromatic heterocycles. The lowest BCUT2D eigenvalue weighted by Crippen LogP contribution is -2.17. The maximum absolute atomic E-state index is 5.49. The van der Waals surface area contributed by atoms with Gasteiger partial charge in [-0.1, -0.05) is 12.1 Å². The van der Waals surface area contributed by atoms with Crippen molar-refractivity contribution in [3.63, 3.8) is 0 Å². The molecule has 2 rings (SSSR count). The first-order valence-corrected chi connectivity index (χ1v) is 4.77. The van der Waals surface area contributed by atoms with Crippen molar-refractivity contribution in [2.24, 2.45) is 0 Å². The second kappa shape index (κ2) is 4.44. The Morgan fingerprint density at radius 1 is 1.29 bits per heavy atom. The predicted octanol–water partition coefficient (Wildman–Crippen LogP) is 2.13. The van der Waals surface area contributed by atoms with Gasteiger partial charge in [0.15, 0.2) is 6.29 Å². The third-order valence-corrected chi connectivity index (χ3v) is 2.19. The number of methoxy groups -OCH3 is 1. The molecule has 0 bridgehead atoms. The summed E-state index contributed by atoms with van der Waals surface area (Å²) in [4.78, 5) is 0. The Bertz CT molecular complexity index is 292. The van der Waals surface area contributed by atoms with E-state index in [1.54, 1.807) is 7.11 Å². The maximum atomic E-state index is 5.49. The Morgan fingerprint density at radius 2 is 2.07 bits per heavy atom. The Hall–Kier alpha value is -1.06. The van der Waals surface area contributed by atoms with Crippen LogP contribution in [0, 0.1) is 0 Å². The monoisotopic (exact) mass is 194 g/mol. The standard InChI is InChI=1S/C11H14O3/c1-12-10-5-2-4-9(8-10)11-13-6-3-7-14-11/h2,4-5,8,11H,3,6-7H2,1H3. The van der Waals surface area contributed by atoms with Gasteiger partial charge < -0.3 is 14.2 Å². The van der Waals surface area contributed by atoms with Crippen LogP contribution in [-0.2, 0) is 9.47 Å². The maximum Gasteiger partial charge on any atom is 0.183 e. The number of benzene rings is 1. The van der Waals surface area contributed by atoms with Crippen LogP contribution in [0.3, 0.4) is 0 Å². The van der Waals surface area contributed by atoms with Gasteiger partial charge in [-0.3, -0.25) is 0 Å². The highest BCUT2D eigenvalue weighted by Gasteiger charge is 2.16. The number of hydrogen-bond acceptors (Lipinski definition) is 3. The van der Waals surface area contributed by atoms with Gasteiger partial charge in [0.05, 0.1) is 20.3 Å². The van der Waals surface area contributed by atoms with Crippen molar-refractivity contribution in [1.82, 2.24) is 0 Å². The molecule has 76 valence electrons. The SMILES string of the molecule is COc1cccc(C2OCCCO2)c1. The predicted molar refractivity (Wildman–Crippen MR) is 52.3 cm³/mol. The van der Waals surface area contributed by atoms with E-state index in [0.29, 0.717) is 0 Å². The minimum atomic E-state index is -0.223. The van der Waals surface area contributed by atoms with Gasteiger partial charge in [-0.05, 0) is 18.6 Å². The van der Waals surface area contributed by atoms with E-state index in [0.717, 1.165) is 30.9 Å². The molecule has 1 aliphatic heterocycles. The summed E-state index contributed by atoms with van der Waals surface area (Å²) in [5.41, 5.74) is 1.02. The second-order valence-corrected chi connectivity index (χ2v) is 3.20. The molecule has 1 aromatic rings. The lowest BCUT2D eigenvalue weighted by Gasteiger charge is -2.23. The van der Waals surface area contributed by atoms with Crippen molar-refractivity contribution in [3.8, 4) is 5.75 Å². The highest BCUT2D eigenvalue weighted by molar-refractivity contribution is 5.29. The summed E-state index contributed by atoms with van der Waals surface area (Å²) in [6.45, 7) is 1.53. The molecule has 0 spiro atoms. The van der Waals surface area contributed by atoms with E-state index in [4.69, 9.17) is 14.2 Å². The van der Waals surface area contributed by atoms with Crippen LogP contribution < -0.4 is 4.74 Å². The van der Waals surface area contributed by atoms with Crippen LogP contribution in [0.1, 0.15) is 18.3 Å². The molecule has 1 aromatic carbocycles. The fourth-order valence-electron chi connectivity index (χ4n) is 1.47. The summed E-state index contributed by atoms with van der Waals surface area (Å²) in [7, 11) is 1.65. The number of ether oxygens (including phenoxy) is 3. The summed E-state index contributed by atoms with van der Waals surface area (Å²) in [6, 6.07) is 7.77. The Morgan fingerprint density at radius 3 is 2.79 bits per heavy atom. The summed E-state index contributed by atoms with van der Waals surface area (Å²) >= 11 is 0. The minimum Gasteiger partial charge on any atom is -0.497 e. The van der Waals surface area contributed by atoms with Crippen molar-refractivity contribution >= 4 is 0 Å². The molecule has 3 heteroatoms. The van der Waals surface area contributed by atoms with Crippen LogP contribution in [-0.4, -0.2) is 20.3 Å². The molecule has 3 nitrogen and oxygen atoms in total. The lowest BCUT2D eigenvalue weighted by molar-refractivity contribution is -0.183. The smallest absolute Gasteiger partial charge is 0.183 e. The molecule has 0 radical (unpaired) electrons. The molecule has 1 saturated heterocycles. The average molecular weight is 194 g/mol. The fraction of sp³-hybridized carbons (Fsp3) is 0.455. The topological polar surface area (TPSA) is 27.7 Å². The molecule has 0 unspecified atom stereocenters. The van der Waals surface area contributed by atoms with Gasteiger partial charge in [0, 0.05) is 5.56 Å². The van der Waals surface area contributed by atoms with Gasteiger partial charge in [-0.2, -0.15) is 0 Å². The van der Waals surface area contributed by atoms with E-state index in [1.807, 2.05) is 24.3 Å². The largest absolute Gasteiger partial charge is 0.497 e. The second-order valence-electron chi connectivity index (χ2n) is 3.20. The molecule has 0 N–H and O–H groups in total. The van der Waals surface area contributed by atoms with E-state index in [-0.39, 0.29) is 6.29 Å². The zero-order chi connectivity index (χ0) is 9.80. The van der Waals surface area contributed by atoms with E-state index >= 15 is 0 Å². The van der Waals surface area contributed by atoms with Crippen molar-refractivity contribution < 1.29 is 14.2 Å². The van der Waals surface area contributed by atoms with Gasteiger partial charge >= 0.3 is 0 Å². The van der Waals surface area contributed by atoms with Crippen LogP contribution in [0.5, 0.6) is 5.75 Å². The first kappa shape index (κ1) is 9.49. The van der Waals surface area contributed by atoms with Crippen LogP contribution in [0.25, 0.3) is 0 Å². The Kier molecular flexibility index (Phi) is 3.01. The van der Waals surface area contributed by atoms with Gasteiger partial charge in [-0.25, -0.2) is 0 Å². The molecule has 0 amide bonds. The summed E-state index contributed by atoms with van der Waals surface area (Å²) in [6.07, 6.45) is 0.749. The van der Waals surface area contributed by atoms with Crippen molar-refractivity contribution in [3.05, 3.63) is 29.8 Å². The fourth-order valence-corrected chi connectivity index (χ4v) is 1.47. The van der Waals surface area contributed by atoms with E-state index in [2.05, 4.69) is 0 Å². The van der Waals surface area contributed by atoms with E-state index in [1.165, 1.54) is 0 Å². The van der Waals surface area contributed by atoms with Crippen LogP contribution in [0.2, 0.25) is 0 Å². The molecule has 0 aliphatic carbocycles. The molecule has 1 aliphatic rings. The van der Waals surface area contributed by atoms with E-state index < -0.39 is 0 Å². The van der Waals surface area contributed by atoms with Gasteiger partial charge in [0.2, 0.25) is 0 Å². The molecular weight excluding hydrogens is 180 g/mol. The third kappa shape index (κ3) is 2.05. The summed E-state index contributed by atoms with van der Waals surface area (Å²) in [5, 5.41) is 0. The summed E-state index contributed by atoms with van der Waals surface area (Å²) < 4.78 is 16.1. The molecule has 14 heavy (non-hydrogen) atoms. The number of hydrogen-bond donors (Lipinski definition) is 0. The minimum absolute atomic E-state index is 0.223. The van der Waals surface area contributed by atoms with E-state index in [9.17, 15) is 0 Å². The highest BCUT2D eigenvalue weighted by Crippen LogP contribution is 2.25. The molecular formula is C11H14O3. The zero-order valence-corrected chi connectivity index (χ0v) is 8.23. The normalized spacial score (nSPS) is 18.1. The number of rotatable bonds is 2. The third-order valence-electron chi connectivity index (χ3n) is 2.19. The first-order chi connectivity index (χ1) is 6.90. The summed E-state index contributed by atoms with van der Waals surface area (Å²) in [5.74, 6) is 0.834. The van der Waals surface area contributed by atoms with Crippen LogP contribution in [0.4, 0.5) is 0 Å². The van der Waals surface area contributed by atoms with Crippen molar-refractivity contribution in [2.75, 3.05) is 20.3 Å². The van der Waals surface area contributed by atoms with Gasteiger partial charge in [0.1, 0.15) is 5.75 Å². The molecule has 1 fully saturated rings. The van der Waals surface area contributed by atoms with Crippen molar-refractivity contribution in [1.29, 1.82) is 0 Å². The zero-order valence-electron chi connectivity index (χ0n) is 8.23. The van der Waals surface area contributed by atoms with Crippen LogP contribution in [0.15, 0.2) is 24.3 Å². The molecule has 0 atom stereocenters. The van der Waals surface area contributed by atoms with Crippen molar-refractivity contribution in [2.45, 2.75) is 12.7 Å². The van der Waals surface area contributed by atoms with Crippen LogP contribution >= 0.6 is 0 Å². The van der Waals surface area contributed by atoms with Gasteiger partial charge in [0.25, 0.3) is 0 Å². The van der Waals surface area contributed by atoms with Gasteiger partial charge in [-0.15, -0.1) is 0 Å². The highest BCUT2D eigenvalue weighted by atomic mass is 16.7. The Balaban J connectivity index is 2.13. The molecule has 1 heterocycles. The Labute approximate surface area is 83.6 Å². The first-order valence-electron chi connectivity index (χ1n) is 4.77.